The van der Waals surface area contributed by atoms with Crippen molar-refractivity contribution in [1.82, 2.24) is 9.21 Å². The predicted molar refractivity (Wildman–Crippen MR) is 87.4 cm³/mol. The van der Waals surface area contributed by atoms with Crippen LogP contribution in [0.2, 0.25) is 0 Å². The lowest BCUT2D eigenvalue weighted by Crippen LogP contribution is -2.50. The van der Waals surface area contributed by atoms with Crippen LogP contribution in [0.1, 0.15) is 19.8 Å². The summed E-state index contributed by atoms with van der Waals surface area (Å²) in [5, 5.41) is 0. The van der Waals surface area contributed by atoms with Gasteiger partial charge in [-0.3, -0.25) is 0 Å². The van der Waals surface area contributed by atoms with Crippen LogP contribution in [0.5, 0.6) is 0 Å². The Kier molecular flexibility index (Phi) is 6.00. The minimum absolute atomic E-state index is 0.103. The molecule has 2 rings (SSSR count). The molecule has 9 heteroatoms. The van der Waals surface area contributed by atoms with E-state index in [4.69, 9.17) is 10.5 Å². The third-order valence-corrected chi connectivity index (χ3v) is 5.72. The van der Waals surface area contributed by atoms with Crippen molar-refractivity contribution in [3.05, 3.63) is 24.0 Å². The zero-order valence-corrected chi connectivity index (χ0v) is 14.4. The topological polar surface area (TPSA) is 92.9 Å². The van der Waals surface area contributed by atoms with Crippen molar-refractivity contribution in [2.24, 2.45) is 0 Å². The third kappa shape index (κ3) is 4.15. The molecule has 1 amide bonds. The van der Waals surface area contributed by atoms with Gasteiger partial charge in [0.05, 0.1) is 17.2 Å². The van der Waals surface area contributed by atoms with Crippen molar-refractivity contribution >= 4 is 21.8 Å². The van der Waals surface area contributed by atoms with Gasteiger partial charge in [0, 0.05) is 26.2 Å². The summed E-state index contributed by atoms with van der Waals surface area (Å²) < 4.78 is 44.9. The summed E-state index contributed by atoms with van der Waals surface area (Å²) in [5.74, 6) is -0.769. The fourth-order valence-electron chi connectivity index (χ4n) is 2.32. The number of sulfonamides is 1. The Hall–Kier alpha value is -1.87. The largest absolute Gasteiger partial charge is 0.449 e. The molecule has 7 nitrogen and oxygen atoms in total. The number of anilines is 1. The SMILES string of the molecule is CCCCOC(=O)N1CCN(S(=O)(=O)c2ccc(N)c(F)c2)CC1. The van der Waals surface area contributed by atoms with Gasteiger partial charge in [0.25, 0.3) is 0 Å². The summed E-state index contributed by atoms with van der Waals surface area (Å²) in [6, 6.07) is 3.42. The molecule has 0 unspecified atom stereocenters. The van der Waals surface area contributed by atoms with Crippen LogP contribution in [-0.4, -0.2) is 56.5 Å². The molecule has 0 aliphatic carbocycles. The van der Waals surface area contributed by atoms with E-state index in [1.54, 1.807) is 0 Å². The number of rotatable bonds is 5. The second-order valence-electron chi connectivity index (χ2n) is 5.54. The highest BCUT2D eigenvalue weighted by molar-refractivity contribution is 7.89. The van der Waals surface area contributed by atoms with E-state index < -0.39 is 21.9 Å². The minimum Gasteiger partial charge on any atom is -0.449 e. The van der Waals surface area contributed by atoms with E-state index in [-0.39, 0.29) is 36.8 Å². The first-order chi connectivity index (χ1) is 11.4. The highest BCUT2D eigenvalue weighted by atomic mass is 32.2. The highest BCUT2D eigenvalue weighted by Crippen LogP contribution is 2.21. The van der Waals surface area contributed by atoms with Crippen molar-refractivity contribution < 1.29 is 22.3 Å². The smallest absolute Gasteiger partial charge is 0.409 e. The van der Waals surface area contributed by atoms with Gasteiger partial charge in [0.1, 0.15) is 5.82 Å². The van der Waals surface area contributed by atoms with Gasteiger partial charge >= 0.3 is 6.09 Å². The van der Waals surface area contributed by atoms with Crippen LogP contribution in [-0.2, 0) is 14.8 Å². The average Bonchev–Trinajstić information content (AvgIpc) is 2.57. The third-order valence-electron chi connectivity index (χ3n) is 3.83. The van der Waals surface area contributed by atoms with E-state index in [0.717, 1.165) is 18.9 Å². The maximum atomic E-state index is 13.5. The number of nitrogens with two attached hydrogens (primary N) is 1. The van der Waals surface area contributed by atoms with Gasteiger partial charge in [0.2, 0.25) is 10.0 Å². The van der Waals surface area contributed by atoms with E-state index in [9.17, 15) is 17.6 Å². The Bertz CT molecular complexity index is 688. The van der Waals surface area contributed by atoms with Crippen LogP contribution in [0.25, 0.3) is 0 Å². The lowest BCUT2D eigenvalue weighted by Gasteiger charge is -2.33. The Morgan fingerprint density at radius 3 is 2.54 bits per heavy atom. The molecule has 0 aromatic heterocycles. The molecule has 0 saturated carbocycles. The van der Waals surface area contributed by atoms with Crippen LogP contribution in [0.3, 0.4) is 0 Å². The monoisotopic (exact) mass is 359 g/mol. The Morgan fingerprint density at radius 1 is 1.29 bits per heavy atom. The number of hydrogen-bond acceptors (Lipinski definition) is 5. The summed E-state index contributed by atoms with van der Waals surface area (Å²) in [6.07, 6.45) is 1.29. The molecule has 0 bridgehead atoms. The van der Waals surface area contributed by atoms with Gasteiger partial charge < -0.3 is 15.4 Å². The van der Waals surface area contributed by atoms with Crippen molar-refractivity contribution in [3.8, 4) is 0 Å². The standard InChI is InChI=1S/C15H22FN3O4S/c1-2-3-10-23-15(20)18-6-8-19(9-7-18)24(21,22)12-4-5-14(17)13(16)11-12/h4-5,11H,2-3,6-10,17H2,1H3. The molecule has 1 aromatic rings. The van der Waals surface area contributed by atoms with Crippen molar-refractivity contribution in [2.75, 3.05) is 38.5 Å². The molecule has 2 N–H and O–H groups in total. The normalized spacial score (nSPS) is 16.2. The Morgan fingerprint density at radius 2 is 1.96 bits per heavy atom. The molecular formula is C15H22FN3O4S. The van der Waals surface area contributed by atoms with Crippen LogP contribution in [0.15, 0.2) is 23.1 Å². The molecule has 134 valence electrons. The molecule has 1 saturated heterocycles. The van der Waals surface area contributed by atoms with E-state index in [1.165, 1.54) is 21.3 Å². The number of nitrogens with zero attached hydrogens (tertiary/aromatic N) is 2. The molecule has 0 spiro atoms. The second kappa shape index (κ2) is 7.80. The molecular weight excluding hydrogens is 337 g/mol. The number of piperazine rings is 1. The van der Waals surface area contributed by atoms with Crippen molar-refractivity contribution in [2.45, 2.75) is 24.7 Å². The number of nitrogen functional groups attached to an aromatic ring is 1. The highest BCUT2D eigenvalue weighted by Gasteiger charge is 2.31. The minimum atomic E-state index is -3.81. The fraction of sp³-hybridized carbons (Fsp3) is 0.533. The van der Waals surface area contributed by atoms with Crippen molar-refractivity contribution in [1.29, 1.82) is 0 Å². The quantitative estimate of drug-likeness (QED) is 0.637. The lowest BCUT2D eigenvalue weighted by atomic mass is 10.3. The first-order valence-electron chi connectivity index (χ1n) is 7.83. The number of ether oxygens (including phenoxy) is 1. The zero-order chi connectivity index (χ0) is 17.7. The number of carbonyl (C=O) groups is 1. The van der Waals surface area contributed by atoms with E-state index >= 15 is 0 Å². The summed E-state index contributed by atoms with van der Waals surface area (Å²) in [7, 11) is -3.81. The number of amides is 1. The Balaban J connectivity index is 1.98. The van der Waals surface area contributed by atoms with Gasteiger partial charge in [-0.2, -0.15) is 4.31 Å². The van der Waals surface area contributed by atoms with Gasteiger partial charge in [-0.25, -0.2) is 17.6 Å². The maximum Gasteiger partial charge on any atom is 0.409 e. The van der Waals surface area contributed by atoms with Crippen LogP contribution in [0, 0.1) is 5.82 Å². The summed E-state index contributed by atoms with van der Waals surface area (Å²) in [4.78, 5) is 13.2. The van der Waals surface area contributed by atoms with Crippen LogP contribution in [0.4, 0.5) is 14.9 Å². The molecule has 24 heavy (non-hydrogen) atoms. The summed E-state index contributed by atoms with van der Waals surface area (Å²) in [5.41, 5.74) is 5.27. The van der Waals surface area contributed by atoms with Gasteiger partial charge in [-0.05, 0) is 24.6 Å². The lowest BCUT2D eigenvalue weighted by molar-refractivity contribution is 0.0882. The average molecular weight is 359 g/mol. The molecule has 1 aromatic carbocycles. The Labute approximate surface area is 141 Å². The van der Waals surface area contributed by atoms with Gasteiger partial charge in [-0.15, -0.1) is 0 Å². The number of unbranched alkanes of at least 4 members (excludes halogenated alkanes) is 1. The van der Waals surface area contributed by atoms with Gasteiger partial charge in [0.15, 0.2) is 0 Å². The zero-order valence-electron chi connectivity index (χ0n) is 13.6. The first kappa shape index (κ1) is 18.5. The van der Waals surface area contributed by atoms with Gasteiger partial charge in [-0.1, -0.05) is 13.3 Å². The predicted octanol–water partition coefficient (Wildman–Crippen LogP) is 1.65. The fourth-order valence-corrected chi connectivity index (χ4v) is 3.76. The number of halogens is 1. The molecule has 0 radical (unpaired) electrons. The van der Waals surface area contributed by atoms with Crippen LogP contribution >= 0.6 is 0 Å². The van der Waals surface area contributed by atoms with Crippen LogP contribution < -0.4 is 5.73 Å². The molecule has 1 heterocycles. The first-order valence-corrected chi connectivity index (χ1v) is 9.27. The second-order valence-corrected chi connectivity index (χ2v) is 7.48. The number of hydrogen-bond donors (Lipinski definition) is 1. The molecule has 1 aliphatic heterocycles. The summed E-state index contributed by atoms with van der Waals surface area (Å²) >= 11 is 0. The summed E-state index contributed by atoms with van der Waals surface area (Å²) in [6.45, 7) is 3.10. The van der Waals surface area contributed by atoms with E-state index in [2.05, 4.69) is 0 Å². The number of carbonyl (C=O) groups excluding carboxylic acids is 1. The maximum absolute atomic E-state index is 13.5. The molecule has 0 atom stereocenters. The molecule has 1 aliphatic rings. The van der Waals surface area contributed by atoms with E-state index in [0.29, 0.717) is 6.61 Å². The van der Waals surface area contributed by atoms with Crippen molar-refractivity contribution in [3.63, 3.8) is 0 Å². The van der Waals surface area contributed by atoms with E-state index in [1.807, 2.05) is 6.92 Å². The molecule has 1 fully saturated rings. The number of benzene rings is 1.